The van der Waals surface area contributed by atoms with Gasteiger partial charge in [-0.1, -0.05) is 23.8 Å². The van der Waals surface area contributed by atoms with Crippen LogP contribution < -0.4 is 5.73 Å². The minimum Gasteiger partial charge on any atom is -0.375 e. The molecule has 0 aliphatic heterocycles. The molecule has 0 saturated carbocycles. The van der Waals surface area contributed by atoms with Crippen LogP contribution in [-0.4, -0.2) is 13.2 Å². The first-order chi connectivity index (χ1) is 6.24. The van der Waals surface area contributed by atoms with E-state index in [-0.39, 0.29) is 0 Å². The largest absolute Gasteiger partial charge is 0.375 e. The quantitative estimate of drug-likeness (QED) is 0.715. The van der Waals surface area contributed by atoms with Gasteiger partial charge in [0.1, 0.15) is 0 Å². The van der Waals surface area contributed by atoms with Gasteiger partial charge >= 0.3 is 0 Å². The van der Waals surface area contributed by atoms with Gasteiger partial charge in [-0.2, -0.15) is 0 Å². The molecule has 2 nitrogen and oxygen atoms in total. The lowest BCUT2D eigenvalue weighted by Crippen LogP contribution is -2.08. The fourth-order valence-corrected chi connectivity index (χ4v) is 1.27. The lowest BCUT2D eigenvalue weighted by atomic mass is 10.1. The van der Waals surface area contributed by atoms with Gasteiger partial charge in [0.05, 0.1) is 13.2 Å². The Balaban J connectivity index is 2.56. The molecule has 0 heterocycles. The Morgan fingerprint density at radius 2 is 2.08 bits per heavy atom. The van der Waals surface area contributed by atoms with E-state index in [1.807, 2.05) is 0 Å². The molecule has 0 unspecified atom stereocenters. The minimum absolute atomic E-state index is 0.588. The fourth-order valence-electron chi connectivity index (χ4n) is 1.27. The van der Waals surface area contributed by atoms with Gasteiger partial charge in [-0.25, -0.2) is 0 Å². The third-order valence-corrected chi connectivity index (χ3v) is 2.02. The zero-order valence-corrected chi connectivity index (χ0v) is 8.34. The third kappa shape index (κ3) is 3.17. The van der Waals surface area contributed by atoms with E-state index in [0.29, 0.717) is 19.8 Å². The second kappa shape index (κ2) is 5.00. The Morgan fingerprint density at radius 1 is 1.31 bits per heavy atom. The van der Waals surface area contributed by atoms with E-state index in [4.69, 9.17) is 10.5 Å². The molecular formula is C11H17NO. The van der Waals surface area contributed by atoms with E-state index < -0.39 is 0 Å². The van der Waals surface area contributed by atoms with Crippen molar-refractivity contribution in [3.05, 3.63) is 34.9 Å². The molecular weight excluding hydrogens is 162 g/mol. The molecule has 2 N–H and O–H groups in total. The predicted octanol–water partition coefficient (Wildman–Crippen LogP) is 1.78. The highest BCUT2D eigenvalue weighted by molar-refractivity contribution is 5.29. The van der Waals surface area contributed by atoms with Crippen LogP contribution >= 0.6 is 0 Å². The number of ether oxygens (including phenoxy) is 1. The summed E-state index contributed by atoms with van der Waals surface area (Å²) < 4.78 is 5.36. The van der Waals surface area contributed by atoms with Crippen molar-refractivity contribution in [3.63, 3.8) is 0 Å². The van der Waals surface area contributed by atoms with Crippen molar-refractivity contribution in [3.8, 4) is 0 Å². The molecule has 0 fully saturated rings. The maximum absolute atomic E-state index is 5.36. The van der Waals surface area contributed by atoms with Gasteiger partial charge in [0, 0.05) is 6.54 Å². The Hall–Kier alpha value is -0.860. The first kappa shape index (κ1) is 10.2. The van der Waals surface area contributed by atoms with Gasteiger partial charge in [-0.3, -0.25) is 0 Å². The van der Waals surface area contributed by atoms with Gasteiger partial charge < -0.3 is 10.5 Å². The monoisotopic (exact) mass is 179 g/mol. The molecule has 0 bridgehead atoms. The minimum atomic E-state index is 0.588. The summed E-state index contributed by atoms with van der Waals surface area (Å²) in [5.41, 5.74) is 9.16. The second-order valence-corrected chi connectivity index (χ2v) is 3.27. The van der Waals surface area contributed by atoms with Crippen LogP contribution in [0.3, 0.4) is 0 Å². The maximum atomic E-state index is 5.36. The molecule has 0 amide bonds. The van der Waals surface area contributed by atoms with E-state index in [1.54, 1.807) is 0 Å². The van der Waals surface area contributed by atoms with Crippen molar-refractivity contribution in [2.24, 2.45) is 5.73 Å². The maximum Gasteiger partial charge on any atom is 0.0720 e. The molecule has 0 radical (unpaired) electrons. The average Bonchev–Trinajstić information content (AvgIpc) is 2.09. The molecule has 2 heteroatoms. The molecule has 0 saturated heterocycles. The number of aryl methyl sites for hydroxylation is 2. The number of rotatable bonds is 4. The zero-order chi connectivity index (χ0) is 9.68. The SMILES string of the molecule is Cc1ccc(COCCN)c(C)c1. The molecule has 0 aromatic heterocycles. The highest BCUT2D eigenvalue weighted by Crippen LogP contribution is 2.11. The summed E-state index contributed by atoms with van der Waals surface area (Å²) in [5, 5.41) is 0. The molecule has 1 rings (SSSR count). The number of nitrogens with two attached hydrogens (primary N) is 1. The van der Waals surface area contributed by atoms with Crippen LogP contribution in [0.15, 0.2) is 18.2 Å². The Kier molecular flexibility index (Phi) is 3.93. The summed E-state index contributed by atoms with van der Waals surface area (Å²) in [7, 11) is 0. The van der Waals surface area contributed by atoms with Crippen LogP contribution in [0.4, 0.5) is 0 Å². The van der Waals surface area contributed by atoms with Crippen molar-refractivity contribution in [1.29, 1.82) is 0 Å². The van der Waals surface area contributed by atoms with Crippen molar-refractivity contribution < 1.29 is 4.74 Å². The van der Waals surface area contributed by atoms with Gasteiger partial charge in [0.15, 0.2) is 0 Å². The fraction of sp³-hybridized carbons (Fsp3) is 0.455. The van der Waals surface area contributed by atoms with Crippen LogP contribution in [0.1, 0.15) is 16.7 Å². The van der Waals surface area contributed by atoms with Crippen LogP contribution in [0.25, 0.3) is 0 Å². The Labute approximate surface area is 79.7 Å². The van der Waals surface area contributed by atoms with Crippen molar-refractivity contribution in [1.82, 2.24) is 0 Å². The van der Waals surface area contributed by atoms with Gasteiger partial charge in [0.2, 0.25) is 0 Å². The third-order valence-electron chi connectivity index (χ3n) is 2.02. The summed E-state index contributed by atoms with van der Waals surface area (Å²) in [6, 6.07) is 6.39. The van der Waals surface area contributed by atoms with E-state index in [9.17, 15) is 0 Å². The topological polar surface area (TPSA) is 35.2 Å². The molecule has 0 atom stereocenters. The molecule has 0 aliphatic carbocycles. The van der Waals surface area contributed by atoms with E-state index in [0.717, 1.165) is 0 Å². The van der Waals surface area contributed by atoms with E-state index in [2.05, 4.69) is 32.0 Å². The molecule has 0 aliphatic rings. The first-order valence-electron chi connectivity index (χ1n) is 4.58. The van der Waals surface area contributed by atoms with E-state index in [1.165, 1.54) is 16.7 Å². The Morgan fingerprint density at radius 3 is 2.69 bits per heavy atom. The summed E-state index contributed by atoms with van der Waals surface area (Å²) in [6.07, 6.45) is 0. The summed E-state index contributed by atoms with van der Waals surface area (Å²) in [5.74, 6) is 0. The highest BCUT2D eigenvalue weighted by Gasteiger charge is 1.97. The van der Waals surface area contributed by atoms with Crippen LogP contribution in [0, 0.1) is 13.8 Å². The number of benzene rings is 1. The van der Waals surface area contributed by atoms with Crippen molar-refractivity contribution in [2.75, 3.05) is 13.2 Å². The lowest BCUT2D eigenvalue weighted by Gasteiger charge is -2.06. The second-order valence-electron chi connectivity index (χ2n) is 3.27. The van der Waals surface area contributed by atoms with Crippen LogP contribution in [0.5, 0.6) is 0 Å². The highest BCUT2D eigenvalue weighted by atomic mass is 16.5. The zero-order valence-electron chi connectivity index (χ0n) is 8.34. The van der Waals surface area contributed by atoms with Crippen molar-refractivity contribution in [2.45, 2.75) is 20.5 Å². The van der Waals surface area contributed by atoms with Crippen molar-refractivity contribution >= 4 is 0 Å². The van der Waals surface area contributed by atoms with Gasteiger partial charge in [-0.05, 0) is 25.0 Å². The van der Waals surface area contributed by atoms with E-state index >= 15 is 0 Å². The lowest BCUT2D eigenvalue weighted by molar-refractivity contribution is 0.128. The molecule has 0 spiro atoms. The smallest absolute Gasteiger partial charge is 0.0720 e. The van der Waals surface area contributed by atoms with Gasteiger partial charge in [0.25, 0.3) is 0 Å². The summed E-state index contributed by atoms with van der Waals surface area (Å²) in [6.45, 7) is 6.09. The van der Waals surface area contributed by atoms with Crippen LogP contribution in [-0.2, 0) is 11.3 Å². The summed E-state index contributed by atoms with van der Waals surface area (Å²) >= 11 is 0. The van der Waals surface area contributed by atoms with Gasteiger partial charge in [-0.15, -0.1) is 0 Å². The normalized spacial score (nSPS) is 10.4. The molecule has 1 aromatic carbocycles. The standard InChI is InChI=1S/C11H17NO/c1-9-3-4-11(10(2)7-9)8-13-6-5-12/h3-4,7H,5-6,8,12H2,1-2H3. The molecule has 1 aromatic rings. The molecule has 72 valence electrons. The molecule has 13 heavy (non-hydrogen) atoms. The Bertz CT molecular complexity index is 271. The predicted molar refractivity (Wildman–Crippen MR) is 54.6 cm³/mol. The number of hydrogen-bond acceptors (Lipinski definition) is 2. The number of hydrogen-bond donors (Lipinski definition) is 1. The first-order valence-corrected chi connectivity index (χ1v) is 4.58. The van der Waals surface area contributed by atoms with Crippen LogP contribution in [0.2, 0.25) is 0 Å². The summed E-state index contributed by atoms with van der Waals surface area (Å²) in [4.78, 5) is 0. The average molecular weight is 179 g/mol.